The van der Waals surface area contributed by atoms with Gasteiger partial charge in [0.15, 0.2) is 11.6 Å². The first-order valence-electron chi connectivity index (χ1n) is 17.2. The molecular formula is C35H48N8O11. The van der Waals surface area contributed by atoms with Crippen LogP contribution in [0.2, 0.25) is 0 Å². The molecule has 19 nitrogen and oxygen atoms in total. The summed E-state index contributed by atoms with van der Waals surface area (Å²) in [5.41, 5.74) is 19.7. The number of aromatic hydroxyl groups is 2. The van der Waals surface area contributed by atoms with Gasteiger partial charge in [0, 0.05) is 61.4 Å². The number of hydrogen-bond donors (Lipinski definition) is 5. The van der Waals surface area contributed by atoms with E-state index in [1.807, 2.05) is 0 Å². The molecule has 294 valence electrons. The molecule has 0 fully saturated rings. The van der Waals surface area contributed by atoms with Gasteiger partial charge in [0.25, 0.3) is 0 Å². The summed E-state index contributed by atoms with van der Waals surface area (Å²) in [6.45, 7) is 2.04. The Morgan fingerprint density at radius 1 is 0.926 bits per heavy atom. The Hall–Kier alpha value is -5.26. The monoisotopic (exact) mass is 756 g/mol. The number of nitrogens with zero attached hydrogens (tertiary/aromatic N) is 7. The van der Waals surface area contributed by atoms with Crippen LogP contribution in [-0.2, 0) is 59.3 Å². The highest BCUT2D eigenvalue weighted by atomic mass is 16.5. The van der Waals surface area contributed by atoms with Crippen molar-refractivity contribution in [3.05, 3.63) is 79.5 Å². The average molecular weight is 757 g/mol. The number of methoxy groups -OCH3 is 1. The van der Waals surface area contributed by atoms with E-state index in [4.69, 9.17) is 35.5 Å². The van der Waals surface area contributed by atoms with Crippen molar-refractivity contribution < 1.29 is 53.8 Å². The first kappa shape index (κ1) is 44.9. The number of rotatable bonds is 23. The van der Waals surface area contributed by atoms with Gasteiger partial charge in [-0.25, -0.2) is 0 Å². The number of aliphatic hydroxyl groups excluding tert-OH is 2. The number of carbonyl (C=O) groups is 4. The van der Waals surface area contributed by atoms with Gasteiger partial charge in [0.1, 0.15) is 24.7 Å². The van der Waals surface area contributed by atoms with Gasteiger partial charge in [-0.15, -0.1) is 0 Å². The summed E-state index contributed by atoms with van der Waals surface area (Å²) in [7, 11) is 1.30. The minimum Gasteiger partial charge on any atom is -0.508 e. The second-order valence-corrected chi connectivity index (χ2v) is 12.1. The van der Waals surface area contributed by atoms with Crippen molar-refractivity contribution in [1.29, 1.82) is 0 Å². The van der Waals surface area contributed by atoms with E-state index in [1.165, 1.54) is 13.2 Å². The molecule has 2 aromatic rings. The van der Waals surface area contributed by atoms with E-state index in [1.54, 1.807) is 35.2 Å². The number of Topliss-reactive ketones (excluding diaryl/α,β-unsaturated/α-hetero) is 2. The highest BCUT2D eigenvalue weighted by molar-refractivity contribution is 5.89. The summed E-state index contributed by atoms with van der Waals surface area (Å²) >= 11 is 0. The predicted octanol–water partition coefficient (Wildman–Crippen LogP) is 2.26. The van der Waals surface area contributed by atoms with Crippen molar-refractivity contribution in [3.63, 3.8) is 0 Å². The number of nitrogens with one attached hydrogen (secondary N) is 1. The fourth-order valence-corrected chi connectivity index (χ4v) is 5.54. The minimum atomic E-state index is -0.739. The van der Waals surface area contributed by atoms with Gasteiger partial charge in [-0.05, 0) is 70.4 Å². The smallest absolute Gasteiger partial charge is 0.306 e. The zero-order valence-corrected chi connectivity index (χ0v) is 30.2. The zero-order chi connectivity index (χ0) is 39.7. The number of esters is 1. The lowest BCUT2D eigenvalue weighted by molar-refractivity contribution is -0.147. The normalized spacial score (nSPS) is 13.9. The lowest BCUT2D eigenvalue weighted by atomic mass is 9.88. The summed E-state index contributed by atoms with van der Waals surface area (Å²) in [5, 5.41) is 47.4. The van der Waals surface area contributed by atoms with Crippen molar-refractivity contribution in [3.8, 4) is 11.5 Å². The van der Waals surface area contributed by atoms with Crippen LogP contribution in [0.5, 0.6) is 11.5 Å². The molecule has 5 N–H and O–H groups in total. The van der Waals surface area contributed by atoms with Crippen LogP contribution in [0.15, 0.2) is 46.6 Å². The number of azide groups is 2. The number of amides is 1. The van der Waals surface area contributed by atoms with E-state index in [2.05, 4.69) is 25.4 Å². The topological polar surface area (TPSA) is 290 Å². The van der Waals surface area contributed by atoms with Gasteiger partial charge in [-0.2, -0.15) is 0 Å². The van der Waals surface area contributed by atoms with E-state index >= 15 is 0 Å². The maximum absolute atomic E-state index is 12.9. The highest BCUT2D eigenvalue weighted by Crippen LogP contribution is 2.28. The molecule has 1 heterocycles. The minimum absolute atomic E-state index is 0.00386. The maximum Gasteiger partial charge on any atom is 0.306 e. The standard InChI is InChI=1S/C18H26N4O6.C17H22N4O5/c19-22-21-4-6-28-5-3-20-10-15-9-16(25)2-1-13(15)7-14(18(27)12-24)8-17(26)11-23;1-25-16(23)10-13-8-12-2-3-15(22)9-14(12)11-21(17(13)24)5-7-26-6-4-19-20-18/h1-2,9,14,20,23-25H,3-8,10-12H2;2-3,9,13,22H,4-8,10-11H2,1H3/t14-;13-/m00/s1. The molecule has 0 spiro atoms. The Labute approximate surface area is 312 Å². The van der Waals surface area contributed by atoms with Gasteiger partial charge in [0.2, 0.25) is 5.91 Å². The van der Waals surface area contributed by atoms with E-state index in [0.29, 0.717) is 45.8 Å². The number of ether oxygens (including phenoxy) is 3. The molecule has 0 saturated heterocycles. The van der Waals surface area contributed by atoms with Crippen molar-refractivity contribution in [2.24, 2.45) is 22.1 Å². The number of carbonyl (C=O) groups excluding carboxylic acids is 4. The maximum atomic E-state index is 12.9. The van der Waals surface area contributed by atoms with Crippen molar-refractivity contribution in [2.75, 3.05) is 72.9 Å². The number of benzene rings is 2. The third-order valence-electron chi connectivity index (χ3n) is 8.28. The number of ketones is 2. The number of aliphatic hydroxyl groups is 2. The van der Waals surface area contributed by atoms with Crippen LogP contribution in [0, 0.1) is 11.8 Å². The quantitative estimate of drug-likeness (QED) is 0.0359. The summed E-state index contributed by atoms with van der Waals surface area (Å²) in [4.78, 5) is 54.9. The van der Waals surface area contributed by atoms with Crippen molar-refractivity contribution in [2.45, 2.75) is 38.8 Å². The van der Waals surface area contributed by atoms with Crippen LogP contribution < -0.4 is 5.32 Å². The van der Waals surface area contributed by atoms with Crippen LogP contribution >= 0.6 is 0 Å². The largest absolute Gasteiger partial charge is 0.508 e. The highest BCUT2D eigenvalue weighted by Gasteiger charge is 2.31. The molecular weight excluding hydrogens is 708 g/mol. The van der Waals surface area contributed by atoms with Crippen LogP contribution in [0.25, 0.3) is 20.9 Å². The molecule has 54 heavy (non-hydrogen) atoms. The Morgan fingerprint density at radius 2 is 1.59 bits per heavy atom. The molecule has 0 saturated carbocycles. The van der Waals surface area contributed by atoms with E-state index in [-0.39, 0.29) is 63.0 Å². The molecule has 2 atom stereocenters. The second-order valence-electron chi connectivity index (χ2n) is 12.1. The van der Waals surface area contributed by atoms with Gasteiger partial charge in [-0.3, -0.25) is 19.2 Å². The molecule has 0 radical (unpaired) electrons. The molecule has 19 heteroatoms. The molecule has 0 bridgehead atoms. The van der Waals surface area contributed by atoms with Crippen molar-refractivity contribution in [1.82, 2.24) is 10.2 Å². The summed E-state index contributed by atoms with van der Waals surface area (Å²) in [6.07, 6.45) is 0.482. The first-order chi connectivity index (χ1) is 26.1. The average Bonchev–Trinajstić information content (AvgIpc) is 3.29. The molecule has 0 aromatic heterocycles. The van der Waals surface area contributed by atoms with E-state index in [9.17, 15) is 29.4 Å². The van der Waals surface area contributed by atoms with Crippen LogP contribution in [-0.4, -0.2) is 122 Å². The van der Waals surface area contributed by atoms with E-state index < -0.39 is 42.6 Å². The lowest BCUT2D eigenvalue weighted by Gasteiger charge is -2.24. The van der Waals surface area contributed by atoms with Crippen LogP contribution in [0.3, 0.4) is 0 Å². The van der Waals surface area contributed by atoms with Gasteiger partial charge < -0.3 is 44.9 Å². The van der Waals surface area contributed by atoms with Crippen LogP contribution in [0.4, 0.5) is 0 Å². The van der Waals surface area contributed by atoms with Gasteiger partial charge >= 0.3 is 5.97 Å². The molecule has 1 aliphatic heterocycles. The van der Waals surface area contributed by atoms with E-state index in [0.717, 1.165) is 22.3 Å². The predicted molar refractivity (Wildman–Crippen MR) is 193 cm³/mol. The lowest BCUT2D eigenvalue weighted by Crippen LogP contribution is -2.38. The Bertz CT molecular complexity index is 1630. The molecule has 2 aromatic carbocycles. The third kappa shape index (κ3) is 16.6. The fraction of sp³-hybridized carbons (Fsp3) is 0.543. The van der Waals surface area contributed by atoms with Gasteiger partial charge in [0.05, 0.1) is 45.9 Å². The van der Waals surface area contributed by atoms with Crippen molar-refractivity contribution >= 4 is 23.4 Å². The molecule has 0 unspecified atom stereocenters. The van der Waals surface area contributed by atoms with Gasteiger partial charge in [-0.1, -0.05) is 22.4 Å². The zero-order valence-electron chi connectivity index (χ0n) is 30.2. The number of phenolic OH excluding ortho intramolecular Hbond substituents is 2. The fourth-order valence-electron chi connectivity index (χ4n) is 5.54. The number of fused-ring (bicyclic) bond motifs is 1. The summed E-state index contributed by atoms with van der Waals surface area (Å²) in [6, 6.07) is 9.72. The SMILES string of the molecule is COC(=O)C[C@@H]1Cc2ccc(O)cc2CN(CCOCCN=[N+]=[N-])C1=O.[N-]=[N+]=NCCOCCNCc1cc(O)ccc1C[C@@H](CC(=O)CO)C(=O)CO. The second kappa shape index (κ2) is 25.7. The summed E-state index contributed by atoms with van der Waals surface area (Å²) < 4.78 is 15.4. The number of phenols is 2. The molecule has 1 aliphatic rings. The third-order valence-corrected chi connectivity index (χ3v) is 8.28. The Morgan fingerprint density at radius 3 is 2.24 bits per heavy atom. The molecule has 3 rings (SSSR count). The Balaban J connectivity index is 0.000000374. The number of hydrogen-bond acceptors (Lipinski definition) is 14. The van der Waals surface area contributed by atoms with Crippen LogP contribution in [0.1, 0.15) is 35.1 Å². The summed E-state index contributed by atoms with van der Waals surface area (Å²) in [5.74, 6) is -2.57. The first-order valence-corrected chi connectivity index (χ1v) is 17.2. The molecule has 1 amide bonds. The molecule has 0 aliphatic carbocycles. The Kier molecular flexibility index (Phi) is 21.3.